The molecule has 1 saturated heterocycles. The van der Waals surface area contributed by atoms with Crippen LogP contribution in [-0.4, -0.2) is 29.1 Å². The van der Waals surface area contributed by atoms with E-state index in [2.05, 4.69) is 9.88 Å². The van der Waals surface area contributed by atoms with Gasteiger partial charge in [-0.15, -0.1) is 0 Å². The molecular formula is C13H19N3O2. The van der Waals surface area contributed by atoms with E-state index in [0.717, 1.165) is 31.7 Å². The van der Waals surface area contributed by atoms with E-state index in [4.69, 9.17) is 10.8 Å². The predicted molar refractivity (Wildman–Crippen MR) is 70.9 cm³/mol. The van der Waals surface area contributed by atoms with Crippen LogP contribution >= 0.6 is 0 Å². The SMILES string of the molecule is Nc1cc(C(=O)O)cnc1N1CCCCCCC1. The molecule has 0 amide bonds. The van der Waals surface area contributed by atoms with Crippen molar-refractivity contribution in [1.29, 1.82) is 0 Å². The van der Waals surface area contributed by atoms with Gasteiger partial charge < -0.3 is 15.7 Å². The van der Waals surface area contributed by atoms with Crippen molar-refractivity contribution in [3.63, 3.8) is 0 Å². The molecule has 0 atom stereocenters. The summed E-state index contributed by atoms with van der Waals surface area (Å²) in [6.45, 7) is 1.90. The second-order valence-electron chi connectivity index (χ2n) is 4.70. The minimum atomic E-state index is -0.992. The highest BCUT2D eigenvalue weighted by Gasteiger charge is 2.14. The number of hydrogen-bond acceptors (Lipinski definition) is 4. The Balaban J connectivity index is 2.18. The predicted octanol–water partition coefficient (Wildman–Crippen LogP) is 2.13. The van der Waals surface area contributed by atoms with Gasteiger partial charge in [0.25, 0.3) is 0 Å². The quantitative estimate of drug-likeness (QED) is 0.839. The molecule has 1 aromatic heterocycles. The molecule has 2 rings (SSSR count). The molecule has 98 valence electrons. The number of carboxylic acids is 1. The number of nitrogen functional groups attached to an aromatic ring is 1. The van der Waals surface area contributed by atoms with Gasteiger partial charge in [0.2, 0.25) is 0 Å². The first kappa shape index (κ1) is 12.7. The van der Waals surface area contributed by atoms with Crippen molar-refractivity contribution in [1.82, 2.24) is 4.98 Å². The summed E-state index contributed by atoms with van der Waals surface area (Å²) < 4.78 is 0. The lowest BCUT2D eigenvalue weighted by Crippen LogP contribution is -2.28. The molecule has 0 aromatic carbocycles. The fraction of sp³-hybridized carbons (Fsp3) is 0.538. The molecule has 3 N–H and O–H groups in total. The van der Waals surface area contributed by atoms with Crippen LogP contribution in [0.5, 0.6) is 0 Å². The maximum Gasteiger partial charge on any atom is 0.337 e. The Morgan fingerprint density at radius 3 is 2.39 bits per heavy atom. The number of carbonyl (C=O) groups is 1. The Labute approximate surface area is 107 Å². The summed E-state index contributed by atoms with van der Waals surface area (Å²) in [6.07, 6.45) is 7.44. The van der Waals surface area contributed by atoms with E-state index in [0.29, 0.717) is 5.69 Å². The molecule has 1 aliphatic heterocycles. The summed E-state index contributed by atoms with van der Waals surface area (Å²) in [7, 11) is 0. The van der Waals surface area contributed by atoms with Crippen molar-refractivity contribution in [2.45, 2.75) is 32.1 Å². The maximum absolute atomic E-state index is 10.8. The van der Waals surface area contributed by atoms with Crippen molar-refractivity contribution < 1.29 is 9.90 Å². The Hall–Kier alpha value is -1.78. The number of aromatic nitrogens is 1. The largest absolute Gasteiger partial charge is 0.478 e. The van der Waals surface area contributed by atoms with E-state index in [1.165, 1.54) is 31.5 Å². The number of nitrogens with two attached hydrogens (primary N) is 1. The van der Waals surface area contributed by atoms with Gasteiger partial charge in [-0.25, -0.2) is 9.78 Å². The molecule has 0 radical (unpaired) electrons. The van der Waals surface area contributed by atoms with Crippen LogP contribution in [-0.2, 0) is 0 Å². The summed E-state index contributed by atoms with van der Waals surface area (Å²) in [6, 6.07) is 1.49. The summed E-state index contributed by atoms with van der Waals surface area (Å²) in [4.78, 5) is 17.2. The minimum absolute atomic E-state index is 0.142. The molecule has 0 unspecified atom stereocenters. The van der Waals surface area contributed by atoms with Gasteiger partial charge in [0.1, 0.15) is 0 Å². The van der Waals surface area contributed by atoms with Crippen LogP contribution in [0.3, 0.4) is 0 Å². The highest BCUT2D eigenvalue weighted by Crippen LogP contribution is 2.23. The molecule has 5 nitrogen and oxygen atoms in total. The summed E-state index contributed by atoms with van der Waals surface area (Å²) in [5.74, 6) is -0.268. The molecular weight excluding hydrogens is 230 g/mol. The third kappa shape index (κ3) is 2.91. The zero-order valence-corrected chi connectivity index (χ0v) is 10.4. The van der Waals surface area contributed by atoms with E-state index >= 15 is 0 Å². The summed E-state index contributed by atoms with van der Waals surface area (Å²) >= 11 is 0. The van der Waals surface area contributed by atoms with Gasteiger partial charge >= 0.3 is 5.97 Å². The van der Waals surface area contributed by atoms with Crippen molar-refractivity contribution in [3.8, 4) is 0 Å². The lowest BCUT2D eigenvalue weighted by Gasteiger charge is -2.26. The third-order valence-electron chi connectivity index (χ3n) is 3.30. The average Bonchev–Trinajstić information content (AvgIpc) is 2.29. The van der Waals surface area contributed by atoms with Crippen molar-refractivity contribution >= 4 is 17.5 Å². The molecule has 1 fully saturated rings. The van der Waals surface area contributed by atoms with Crippen LogP contribution in [0.2, 0.25) is 0 Å². The smallest absolute Gasteiger partial charge is 0.337 e. The van der Waals surface area contributed by atoms with Crippen LogP contribution in [0.1, 0.15) is 42.5 Å². The first-order valence-electron chi connectivity index (χ1n) is 6.42. The molecule has 18 heavy (non-hydrogen) atoms. The number of pyridine rings is 1. The third-order valence-corrected chi connectivity index (χ3v) is 3.30. The normalized spacial score (nSPS) is 17.0. The average molecular weight is 249 g/mol. The van der Waals surface area contributed by atoms with Crippen molar-refractivity contribution in [2.24, 2.45) is 0 Å². The molecule has 0 saturated carbocycles. The number of rotatable bonds is 2. The monoisotopic (exact) mass is 249 g/mol. The van der Waals surface area contributed by atoms with Crippen molar-refractivity contribution in [2.75, 3.05) is 23.7 Å². The van der Waals surface area contributed by atoms with E-state index < -0.39 is 5.97 Å². The second kappa shape index (κ2) is 5.71. The first-order valence-corrected chi connectivity index (χ1v) is 6.42. The minimum Gasteiger partial charge on any atom is -0.478 e. The Bertz CT molecular complexity index is 426. The molecule has 0 bridgehead atoms. The van der Waals surface area contributed by atoms with Crippen LogP contribution < -0.4 is 10.6 Å². The maximum atomic E-state index is 10.8. The number of aromatic carboxylic acids is 1. The van der Waals surface area contributed by atoms with E-state index in [9.17, 15) is 4.79 Å². The van der Waals surface area contributed by atoms with Gasteiger partial charge in [0.05, 0.1) is 11.3 Å². The van der Waals surface area contributed by atoms with Gasteiger partial charge in [-0.1, -0.05) is 19.3 Å². The Morgan fingerprint density at radius 1 is 1.22 bits per heavy atom. The van der Waals surface area contributed by atoms with Gasteiger partial charge in [-0.2, -0.15) is 0 Å². The zero-order chi connectivity index (χ0) is 13.0. The number of carboxylic acid groups (broad SMARTS) is 1. The Morgan fingerprint density at radius 2 is 1.83 bits per heavy atom. The van der Waals surface area contributed by atoms with Crippen LogP contribution in [0.4, 0.5) is 11.5 Å². The number of hydrogen-bond donors (Lipinski definition) is 2. The molecule has 0 spiro atoms. The zero-order valence-electron chi connectivity index (χ0n) is 10.4. The van der Waals surface area contributed by atoms with Gasteiger partial charge in [-0.3, -0.25) is 0 Å². The fourth-order valence-electron chi connectivity index (χ4n) is 2.32. The molecule has 1 aliphatic rings. The van der Waals surface area contributed by atoms with Crippen molar-refractivity contribution in [3.05, 3.63) is 17.8 Å². The van der Waals surface area contributed by atoms with Gasteiger partial charge in [-0.05, 0) is 18.9 Å². The highest BCUT2D eigenvalue weighted by atomic mass is 16.4. The number of anilines is 2. The topological polar surface area (TPSA) is 79.5 Å². The van der Waals surface area contributed by atoms with E-state index in [1.54, 1.807) is 0 Å². The van der Waals surface area contributed by atoms with E-state index in [1.807, 2.05) is 0 Å². The number of nitrogens with zero attached hydrogens (tertiary/aromatic N) is 2. The van der Waals surface area contributed by atoms with Crippen LogP contribution in [0, 0.1) is 0 Å². The standard InChI is InChI=1S/C13H19N3O2/c14-11-8-10(13(17)18)9-15-12(11)16-6-4-2-1-3-5-7-16/h8-9H,1-7,14H2,(H,17,18). The fourth-order valence-corrected chi connectivity index (χ4v) is 2.32. The molecule has 1 aromatic rings. The van der Waals surface area contributed by atoms with Crippen LogP contribution in [0.25, 0.3) is 0 Å². The highest BCUT2D eigenvalue weighted by molar-refractivity contribution is 5.89. The van der Waals surface area contributed by atoms with Gasteiger partial charge in [0, 0.05) is 19.3 Å². The first-order chi connectivity index (χ1) is 8.68. The van der Waals surface area contributed by atoms with Crippen LogP contribution in [0.15, 0.2) is 12.3 Å². The second-order valence-corrected chi connectivity index (χ2v) is 4.70. The molecule has 5 heteroatoms. The molecule has 0 aliphatic carbocycles. The lowest BCUT2D eigenvalue weighted by atomic mass is 10.1. The van der Waals surface area contributed by atoms with E-state index in [-0.39, 0.29) is 5.56 Å². The van der Waals surface area contributed by atoms with Gasteiger partial charge in [0.15, 0.2) is 5.82 Å². The molecule has 2 heterocycles. The lowest BCUT2D eigenvalue weighted by molar-refractivity contribution is 0.0696. The summed E-state index contributed by atoms with van der Waals surface area (Å²) in [5, 5.41) is 8.88. The Kier molecular flexibility index (Phi) is 4.02. The summed E-state index contributed by atoms with van der Waals surface area (Å²) in [5.41, 5.74) is 6.51.